The van der Waals surface area contributed by atoms with Crippen LogP contribution in [0.4, 0.5) is 0 Å². The first-order valence-electron chi connectivity index (χ1n) is 19.5. The molecule has 0 aliphatic rings. The molecule has 6 heteroatoms. The number of esters is 1. The molecule has 0 fully saturated rings. The highest BCUT2D eigenvalue weighted by molar-refractivity contribution is 5.80. The molecule has 2 N–H and O–H groups in total. The zero-order valence-corrected chi connectivity index (χ0v) is 30.2. The lowest BCUT2D eigenvalue weighted by molar-refractivity contribution is -0.150. The number of hydrogen-bond acceptors (Lipinski definition) is 4. The summed E-state index contributed by atoms with van der Waals surface area (Å²) in [5, 5.41) is 11.0. The maximum absolute atomic E-state index is 12.6. The van der Waals surface area contributed by atoms with Crippen LogP contribution in [0.3, 0.4) is 0 Å². The Morgan fingerprint density at radius 2 is 1.00 bits per heavy atom. The number of unbranched alkanes of at least 4 members (excludes halogenated alkanes) is 20. The van der Waals surface area contributed by atoms with Gasteiger partial charge >= 0.3 is 11.9 Å². The van der Waals surface area contributed by atoms with Gasteiger partial charge in [-0.05, 0) is 70.6 Å². The van der Waals surface area contributed by atoms with Crippen LogP contribution in [-0.4, -0.2) is 35.6 Å². The van der Waals surface area contributed by atoms with Crippen molar-refractivity contribution in [1.29, 1.82) is 0 Å². The molecule has 0 heterocycles. The number of carbonyl (C=O) groups is 3. The summed E-state index contributed by atoms with van der Waals surface area (Å²) in [6.07, 6.45) is 41.5. The third-order valence-electron chi connectivity index (χ3n) is 8.63. The fraction of sp³-hybridized carbons (Fsp3) is 0.825. The van der Waals surface area contributed by atoms with Gasteiger partial charge < -0.3 is 15.2 Å². The maximum atomic E-state index is 12.6. The molecule has 0 aromatic carbocycles. The summed E-state index contributed by atoms with van der Waals surface area (Å²) >= 11 is 0. The van der Waals surface area contributed by atoms with E-state index in [1.165, 1.54) is 103 Å². The zero-order chi connectivity index (χ0) is 33.8. The third kappa shape index (κ3) is 34.8. The van der Waals surface area contributed by atoms with Crippen molar-refractivity contribution in [3.63, 3.8) is 0 Å². The van der Waals surface area contributed by atoms with Gasteiger partial charge in [-0.25, -0.2) is 0 Å². The van der Waals surface area contributed by atoms with Crippen molar-refractivity contribution < 1.29 is 24.2 Å². The van der Waals surface area contributed by atoms with Crippen molar-refractivity contribution in [2.45, 2.75) is 206 Å². The molecule has 0 saturated heterocycles. The van der Waals surface area contributed by atoms with Crippen molar-refractivity contribution in [2.75, 3.05) is 6.54 Å². The summed E-state index contributed by atoms with van der Waals surface area (Å²) in [5.41, 5.74) is 0. The molecule has 0 aromatic rings. The lowest BCUT2D eigenvalue weighted by Gasteiger charge is -2.18. The van der Waals surface area contributed by atoms with Gasteiger partial charge in [0.25, 0.3) is 0 Å². The van der Waals surface area contributed by atoms with Crippen LogP contribution in [0.25, 0.3) is 0 Å². The van der Waals surface area contributed by atoms with Gasteiger partial charge in [0.1, 0.15) is 12.6 Å². The standard InChI is InChI=1S/C40H73NO5/c1-3-5-7-9-11-12-13-14-15-16-17-18-19-20-22-27-31-35-40(45)46-37(32-28-24-21-10-8-6-4-2)33-29-25-23-26-30-34-38(42)41-36-39(43)44/h11-12,14-15,37H,3-10,13,16-36H2,1-2H3,(H,41,42)(H,43,44)/b12-11-,15-14-. The molecule has 0 radical (unpaired) electrons. The molecule has 0 rings (SSSR count). The minimum Gasteiger partial charge on any atom is -0.480 e. The van der Waals surface area contributed by atoms with E-state index in [1.54, 1.807) is 0 Å². The summed E-state index contributed by atoms with van der Waals surface area (Å²) in [7, 11) is 0. The molecule has 6 nitrogen and oxygen atoms in total. The summed E-state index contributed by atoms with van der Waals surface area (Å²) in [4.78, 5) is 34.8. The number of amides is 1. The number of carboxylic acid groups (broad SMARTS) is 1. The Morgan fingerprint density at radius 3 is 1.54 bits per heavy atom. The number of hydrogen-bond donors (Lipinski definition) is 2. The van der Waals surface area contributed by atoms with Crippen LogP contribution in [0.2, 0.25) is 0 Å². The topological polar surface area (TPSA) is 92.7 Å². The molecule has 1 unspecified atom stereocenters. The molecule has 0 bridgehead atoms. The lowest BCUT2D eigenvalue weighted by Crippen LogP contribution is -2.28. The van der Waals surface area contributed by atoms with Crippen molar-refractivity contribution in [2.24, 2.45) is 0 Å². The number of aliphatic carboxylic acids is 1. The number of ether oxygens (including phenoxy) is 1. The van der Waals surface area contributed by atoms with Crippen molar-refractivity contribution in [3.05, 3.63) is 24.3 Å². The van der Waals surface area contributed by atoms with Gasteiger partial charge in [-0.2, -0.15) is 0 Å². The van der Waals surface area contributed by atoms with Crippen molar-refractivity contribution >= 4 is 17.8 Å². The molecule has 0 aliphatic carbocycles. The second-order valence-corrected chi connectivity index (χ2v) is 13.2. The van der Waals surface area contributed by atoms with Crippen LogP contribution in [-0.2, 0) is 19.1 Å². The Bertz CT molecular complexity index is 763. The van der Waals surface area contributed by atoms with Crippen LogP contribution in [0.5, 0.6) is 0 Å². The van der Waals surface area contributed by atoms with Crippen LogP contribution in [0, 0.1) is 0 Å². The second kappa shape index (κ2) is 35.7. The largest absolute Gasteiger partial charge is 0.480 e. The van der Waals surface area contributed by atoms with E-state index in [2.05, 4.69) is 43.5 Å². The molecule has 0 aromatic heterocycles. The number of carbonyl (C=O) groups excluding carboxylic acids is 2. The highest BCUT2D eigenvalue weighted by Crippen LogP contribution is 2.18. The monoisotopic (exact) mass is 648 g/mol. The SMILES string of the molecule is CCCCC/C=C\C/C=C\CCCCCCCCCC(=O)OC(CCCCCCCCC)CCCCCCCC(=O)NCC(=O)O. The van der Waals surface area contributed by atoms with E-state index in [0.717, 1.165) is 70.6 Å². The summed E-state index contributed by atoms with van der Waals surface area (Å²) in [6, 6.07) is 0. The van der Waals surface area contributed by atoms with Crippen LogP contribution in [0.15, 0.2) is 24.3 Å². The van der Waals surface area contributed by atoms with Gasteiger partial charge in [-0.15, -0.1) is 0 Å². The maximum Gasteiger partial charge on any atom is 0.322 e. The van der Waals surface area contributed by atoms with Gasteiger partial charge in [0.05, 0.1) is 0 Å². The van der Waals surface area contributed by atoms with Gasteiger partial charge in [0, 0.05) is 12.8 Å². The van der Waals surface area contributed by atoms with E-state index in [1.807, 2.05) is 0 Å². The van der Waals surface area contributed by atoms with Gasteiger partial charge in [-0.1, -0.05) is 141 Å². The Morgan fingerprint density at radius 1 is 0.565 bits per heavy atom. The lowest BCUT2D eigenvalue weighted by atomic mass is 10.0. The van der Waals surface area contributed by atoms with Gasteiger partial charge in [-0.3, -0.25) is 14.4 Å². The van der Waals surface area contributed by atoms with Gasteiger partial charge in [0.15, 0.2) is 0 Å². The highest BCUT2D eigenvalue weighted by atomic mass is 16.5. The molecule has 46 heavy (non-hydrogen) atoms. The normalized spacial score (nSPS) is 12.2. The van der Waals surface area contributed by atoms with E-state index >= 15 is 0 Å². The van der Waals surface area contributed by atoms with Crippen LogP contribution >= 0.6 is 0 Å². The number of rotatable bonds is 35. The molecule has 0 saturated carbocycles. The Kier molecular flexibility index (Phi) is 34.1. The van der Waals surface area contributed by atoms with E-state index in [9.17, 15) is 14.4 Å². The first-order valence-corrected chi connectivity index (χ1v) is 19.5. The van der Waals surface area contributed by atoms with E-state index in [-0.39, 0.29) is 24.5 Å². The van der Waals surface area contributed by atoms with Crippen LogP contribution < -0.4 is 5.32 Å². The quantitative estimate of drug-likeness (QED) is 0.0405. The van der Waals surface area contributed by atoms with Gasteiger partial charge in [0.2, 0.25) is 5.91 Å². The van der Waals surface area contributed by atoms with Crippen molar-refractivity contribution in [1.82, 2.24) is 5.32 Å². The summed E-state index contributed by atoms with van der Waals surface area (Å²) in [6.45, 7) is 4.18. The first-order chi connectivity index (χ1) is 22.5. The molecule has 1 amide bonds. The Balaban J connectivity index is 4.03. The first kappa shape index (κ1) is 43.9. The fourth-order valence-electron chi connectivity index (χ4n) is 5.72. The van der Waals surface area contributed by atoms with E-state index < -0.39 is 5.97 Å². The molecular formula is C40H73NO5. The Hall–Kier alpha value is -2.11. The predicted molar refractivity (Wildman–Crippen MR) is 194 cm³/mol. The molecule has 0 spiro atoms. The average Bonchev–Trinajstić information content (AvgIpc) is 3.04. The fourth-order valence-corrected chi connectivity index (χ4v) is 5.72. The highest BCUT2D eigenvalue weighted by Gasteiger charge is 2.14. The second-order valence-electron chi connectivity index (χ2n) is 13.2. The Labute approximate surface area is 284 Å². The number of allylic oxidation sites excluding steroid dienone is 4. The zero-order valence-electron chi connectivity index (χ0n) is 30.2. The summed E-state index contributed by atoms with van der Waals surface area (Å²) in [5.74, 6) is -1.24. The average molecular weight is 648 g/mol. The smallest absolute Gasteiger partial charge is 0.322 e. The van der Waals surface area contributed by atoms with E-state index in [0.29, 0.717) is 12.8 Å². The molecular weight excluding hydrogens is 574 g/mol. The molecule has 268 valence electrons. The summed E-state index contributed by atoms with van der Waals surface area (Å²) < 4.78 is 5.98. The number of carboxylic acids is 1. The van der Waals surface area contributed by atoms with Crippen molar-refractivity contribution in [3.8, 4) is 0 Å². The molecule has 0 aliphatic heterocycles. The van der Waals surface area contributed by atoms with E-state index in [4.69, 9.17) is 9.84 Å². The third-order valence-corrected chi connectivity index (χ3v) is 8.63. The molecule has 1 atom stereocenters. The minimum atomic E-state index is -1.02. The number of nitrogens with one attached hydrogen (secondary N) is 1. The van der Waals surface area contributed by atoms with Crippen LogP contribution in [0.1, 0.15) is 200 Å². The minimum absolute atomic E-state index is 0.0251. The predicted octanol–water partition coefficient (Wildman–Crippen LogP) is 11.6.